The van der Waals surface area contributed by atoms with Gasteiger partial charge in [0.2, 0.25) is 11.2 Å². The Morgan fingerprint density at radius 1 is 0.520 bits per heavy atom. The Labute approximate surface area is 132 Å². The maximum Gasteiger partial charge on any atom is 0.464 e. The van der Waals surface area contributed by atoms with Gasteiger partial charge in [0.15, 0.2) is 0 Å². The fourth-order valence-electron chi connectivity index (χ4n) is 0.277. The Hall–Kier alpha value is -0.560. The van der Waals surface area contributed by atoms with Gasteiger partial charge in [-0.3, -0.25) is 0 Å². The van der Waals surface area contributed by atoms with Crippen LogP contribution in [0.4, 0.5) is 55.6 Å². The molecule has 0 aromatic heterocycles. The van der Waals surface area contributed by atoms with Gasteiger partial charge in [-0.15, -0.1) is 11.7 Å². The third-order valence-corrected chi connectivity index (χ3v) is 1.89. The molecule has 0 saturated carbocycles. The van der Waals surface area contributed by atoms with E-state index in [-0.39, 0.29) is 29.8 Å². The topological polar surface area (TPSA) is 0 Å². The average molecular weight is 469 g/mol. The smallest absolute Gasteiger partial charge is 0.464 e. The Bertz CT molecular complexity index is 268. The normalized spacial score (nSPS) is 12.4. The quantitative estimate of drug-likeness (QED) is 0.363. The van der Waals surface area contributed by atoms with Gasteiger partial charge in [0.05, 0.1) is 0 Å². The second kappa shape index (κ2) is 12.7. The molecule has 0 aliphatic carbocycles. The van der Waals surface area contributed by atoms with Crippen molar-refractivity contribution in [2.24, 2.45) is 0 Å². The lowest BCUT2D eigenvalue weighted by atomic mass is 10.7. The summed E-state index contributed by atoms with van der Waals surface area (Å²) in [5, 5.41) is -12.3. The van der Waals surface area contributed by atoms with Crippen LogP contribution in [-0.2, 0) is 0 Å². The van der Waals surface area contributed by atoms with Crippen molar-refractivity contribution < 1.29 is 79.1 Å². The molecule has 0 aromatic rings. The first-order valence-corrected chi connectivity index (χ1v) is 6.23. The third-order valence-electron chi connectivity index (χ3n) is 0.916. The van der Waals surface area contributed by atoms with Gasteiger partial charge in [-0.1, -0.05) is 0 Å². The van der Waals surface area contributed by atoms with E-state index in [2.05, 4.69) is 0 Å². The largest absolute Gasteiger partial charge is 1.00 e. The van der Waals surface area contributed by atoms with Gasteiger partial charge in [-0.25, -0.2) is 0 Å². The fourth-order valence-corrected chi connectivity index (χ4v) is 0.830. The highest BCUT2D eigenvalue weighted by atomic mass is 32.3. The second-order valence-electron chi connectivity index (χ2n) is 2.77. The van der Waals surface area contributed by atoms with Crippen LogP contribution < -0.4 is 23.5 Å². The molecule has 0 spiro atoms. The number of hydrogen-bond acceptors (Lipinski definition) is 1. The molecule has 0 rings (SSSR count). The minimum absolute atomic E-state index is 0. The zero-order valence-corrected chi connectivity index (χ0v) is 12.3. The molecule has 0 fully saturated rings. The van der Waals surface area contributed by atoms with E-state index >= 15 is 0 Å². The van der Waals surface area contributed by atoms with Crippen LogP contribution >= 0.6 is 22.9 Å². The SMILES string of the molecule is CS(F)(F)F.FC(F)(F)C(F)(F)SC(F)(F)C(F)(F)F.[F-].[F-].[F-].[F-].[F-]. The van der Waals surface area contributed by atoms with E-state index < -0.39 is 45.8 Å². The summed E-state index contributed by atoms with van der Waals surface area (Å²) in [4.78, 5) is 0. The van der Waals surface area contributed by atoms with E-state index in [4.69, 9.17) is 0 Å². The lowest BCUT2D eigenvalue weighted by Crippen LogP contribution is -3.00. The van der Waals surface area contributed by atoms with Gasteiger partial charge in [0.25, 0.3) is 0 Å². The number of rotatable bonds is 2. The molecule has 0 atom stereocenters. The summed E-state index contributed by atoms with van der Waals surface area (Å²) < 4.78 is 146. The summed E-state index contributed by atoms with van der Waals surface area (Å²) >= 11 is -7.47. The van der Waals surface area contributed by atoms with E-state index in [1.807, 2.05) is 0 Å². The fraction of sp³-hybridized carbons (Fsp3) is 1.00. The standard InChI is InChI=1S/C4F10S.CH3F3S.5FH/c5-1(6,7)3(11,12)15-4(13,14)2(8,9)10;1-5(2,3)4;;;;;/h;1H3;5*1H/p-5. The van der Waals surface area contributed by atoms with Crippen LogP contribution in [-0.4, -0.2) is 29.1 Å². The molecule has 0 nitrogen and oxygen atoms in total. The van der Waals surface area contributed by atoms with Crippen molar-refractivity contribution in [3.8, 4) is 0 Å². The lowest BCUT2D eigenvalue weighted by Gasteiger charge is -2.25. The molecule has 0 heterocycles. The van der Waals surface area contributed by atoms with Crippen molar-refractivity contribution in [3.63, 3.8) is 0 Å². The lowest BCUT2D eigenvalue weighted by molar-refractivity contribution is -0.255. The highest BCUT2D eigenvalue weighted by molar-refractivity contribution is 8.20. The van der Waals surface area contributed by atoms with Gasteiger partial charge < -0.3 is 23.5 Å². The van der Waals surface area contributed by atoms with E-state index in [1.54, 1.807) is 0 Å². The Kier molecular flexibility index (Phi) is 22.5. The Balaban J connectivity index is -0.0000000576. The molecule has 0 bridgehead atoms. The molecule has 20 heteroatoms. The Morgan fingerprint density at radius 3 is 0.720 bits per heavy atom. The van der Waals surface area contributed by atoms with Crippen LogP contribution in [0.25, 0.3) is 0 Å². The molecule has 0 unspecified atom stereocenters. The summed E-state index contributed by atoms with van der Waals surface area (Å²) in [5.74, 6) is 0. The molecule has 0 aliphatic heterocycles. The predicted octanol–water partition coefficient (Wildman–Crippen LogP) is -8.88. The molecule has 0 N–H and O–H groups in total. The first-order chi connectivity index (χ1) is 8.21. The molecule has 25 heavy (non-hydrogen) atoms. The number of thioether (sulfide) groups is 1. The van der Waals surface area contributed by atoms with E-state index in [0.717, 1.165) is 0 Å². The van der Waals surface area contributed by atoms with Crippen molar-refractivity contribution in [2.75, 3.05) is 6.26 Å². The molecule has 0 aliphatic rings. The highest BCUT2D eigenvalue weighted by Crippen LogP contribution is 2.55. The average Bonchev–Trinajstić information content (AvgIpc) is 1.92. The maximum atomic E-state index is 11.8. The predicted molar refractivity (Wildman–Crippen MR) is 46.4 cm³/mol. The zero-order valence-electron chi connectivity index (χ0n) is 10.6. The van der Waals surface area contributed by atoms with Crippen molar-refractivity contribution in [1.29, 1.82) is 0 Å². The van der Waals surface area contributed by atoms with Crippen molar-refractivity contribution in [1.82, 2.24) is 0 Å². The second-order valence-corrected chi connectivity index (χ2v) is 5.27. The van der Waals surface area contributed by atoms with E-state index in [1.165, 1.54) is 0 Å². The third kappa shape index (κ3) is 19.6. The molecule has 0 aromatic carbocycles. The van der Waals surface area contributed by atoms with E-state index in [0.29, 0.717) is 0 Å². The summed E-state index contributed by atoms with van der Waals surface area (Å²) in [6, 6.07) is 0. The summed E-state index contributed by atoms with van der Waals surface area (Å²) in [7, 11) is 0. The minimum atomic E-state index is -6.48. The van der Waals surface area contributed by atoms with Crippen LogP contribution in [0.2, 0.25) is 0 Å². The van der Waals surface area contributed by atoms with Gasteiger partial charge in [0, 0.05) is 18.0 Å². The zero-order chi connectivity index (χ0) is 17.2. The first kappa shape index (κ1) is 44.1. The maximum absolute atomic E-state index is 11.8. The molecule has 166 valence electrons. The van der Waals surface area contributed by atoms with Crippen LogP contribution in [0, 0.1) is 0 Å². The summed E-state index contributed by atoms with van der Waals surface area (Å²) in [5.41, 5.74) is 0. The molecule has 0 saturated heterocycles. The Morgan fingerprint density at radius 2 is 0.640 bits per heavy atom. The minimum Gasteiger partial charge on any atom is -1.00 e. The van der Waals surface area contributed by atoms with Gasteiger partial charge in [-0.05, 0) is 0 Å². The van der Waals surface area contributed by atoms with Crippen LogP contribution in [0.5, 0.6) is 0 Å². The van der Waals surface area contributed by atoms with Gasteiger partial charge in [-0.2, -0.15) is 43.9 Å². The first-order valence-electron chi connectivity index (χ1n) is 3.67. The van der Waals surface area contributed by atoms with Crippen molar-refractivity contribution >= 4 is 22.9 Å². The summed E-state index contributed by atoms with van der Waals surface area (Å²) in [6.07, 6.45) is -12.7. The van der Waals surface area contributed by atoms with Crippen LogP contribution in [0.15, 0.2) is 0 Å². The van der Waals surface area contributed by atoms with Gasteiger partial charge >= 0.3 is 22.9 Å². The van der Waals surface area contributed by atoms with Crippen LogP contribution in [0.3, 0.4) is 0 Å². The van der Waals surface area contributed by atoms with Gasteiger partial charge in [0.1, 0.15) is 0 Å². The van der Waals surface area contributed by atoms with Crippen molar-refractivity contribution in [3.05, 3.63) is 0 Å². The molecule has 0 radical (unpaired) electrons. The monoisotopic (exact) mass is 469 g/mol. The van der Waals surface area contributed by atoms with Crippen LogP contribution in [0.1, 0.15) is 0 Å². The molecule has 0 amide bonds. The number of alkyl halides is 10. The van der Waals surface area contributed by atoms with Crippen molar-refractivity contribution in [2.45, 2.75) is 22.9 Å². The number of halogens is 18. The summed E-state index contributed by atoms with van der Waals surface area (Å²) in [6.45, 7) is 0. The molecular weight excluding hydrogens is 466 g/mol. The number of hydrogen-bond donors (Lipinski definition) is 0. The highest BCUT2D eigenvalue weighted by Gasteiger charge is 2.70. The van der Waals surface area contributed by atoms with E-state index in [9.17, 15) is 55.6 Å². The molecular formula is C5H3F18S2-5.